The van der Waals surface area contributed by atoms with E-state index in [9.17, 15) is 28.8 Å². The van der Waals surface area contributed by atoms with Crippen molar-refractivity contribution in [2.75, 3.05) is 6.54 Å². The van der Waals surface area contributed by atoms with Crippen molar-refractivity contribution >= 4 is 34.9 Å². The van der Waals surface area contributed by atoms with E-state index >= 15 is 0 Å². The van der Waals surface area contributed by atoms with Gasteiger partial charge in [-0.05, 0) is 41.9 Å². The number of amides is 2. The fraction of sp³-hybridized carbons (Fsp3) is 0.676. The number of rotatable bonds is 17. The lowest BCUT2D eigenvalue weighted by Crippen LogP contribution is -2.58. The molecule has 4 unspecified atom stereocenters. The van der Waals surface area contributed by atoms with Crippen LogP contribution in [0, 0.1) is 40.9 Å². The van der Waals surface area contributed by atoms with Gasteiger partial charge in [0.1, 0.15) is 11.7 Å². The van der Waals surface area contributed by atoms with E-state index in [2.05, 4.69) is 15.3 Å². The second kappa shape index (κ2) is 16.5. The first-order valence-corrected chi connectivity index (χ1v) is 17.3. The molecule has 2 heterocycles. The van der Waals surface area contributed by atoms with E-state index in [0.29, 0.717) is 25.8 Å². The van der Waals surface area contributed by atoms with E-state index in [1.165, 1.54) is 18.6 Å². The van der Waals surface area contributed by atoms with Gasteiger partial charge in [-0.15, -0.1) is 0 Å². The van der Waals surface area contributed by atoms with Gasteiger partial charge in [0.25, 0.3) is 0 Å². The van der Waals surface area contributed by atoms with Crippen LogP contribution in [0.3, 0.4) is 0 Å². The number of fused-ring (bicyclic) bond motifs is 1. The van der Waals surface area contributed by atoms with Crippen LogP contribution in [0.5, 0.6) is 0 Å². The lowest BCUT2D eigenvalue weighted by molar-refractivity contribution is -0.146. The second-order valence-electron chi connectivity index (χ2n) is 15.0. The number of aromatic nitrogens is 2. The third kappa shape index (κ3) is 9.51. The number of carbonyl (C=O) groups is 6. The Kier molecular flexibility index (Phi) is 13.3. The Balaban J connectivity index is 1.85. The van der Waals surface area contributed by atoms with Crippen molar-refractivity contribution in [3.63, 3.8) is 0 Å². The van der Waals surface area contributed by atoms with Gasteiger partial charge in [0, 0.05) is 50.0 Å². The standard InChI is InChI=1S/C37H54N4O6/c1-9-12-24(33(45)31(44)17-23(5)10-2)18-30(43)32-26-14-11-13-25(26)21-41(32)36(47)34(37(6,7)8)40-35(46)27(22(3)4)19-29(42)28-20-38-15-16-39-28/h11,13,15-16,20,22-27,32,34H,9-10,12,14,17-19,21H2,1-8H3,(H,40,46)/t23-,24?,25?,26-,27+,32?,34?/m0/s1. The summed E-state index contributed by atoms with van der Waals surface area (Å²) in [4.78, 5) is 91.0. The molecule has 0 aromatic carbocycles. The van der Waals surface area contributed by atoms with Crippen molar-refractivity contribution in [2.24, 2.45) is 40.9 Å². The summed E-state index contributed by atoms with van der Waals surface area (Å²) >= 11 is 0. The van der Waals surface area contributed by atoms with E-state index in [4.69, 9.17) is 0 Å². The average molecular weight is 651 g/mol. The smallest absolute Gasteiger partial charge is 0.246 e. The van der Waals surface area contributed by atoms with E-state index in [1.807, 2.05) is 67.5 Å². The largest absolute Gasteiger partial charge is 0.344 e. The number of nitrogens with zero attached hydrogens (tertiary/aromatic N) is 3. The van der Waals surface area contributed by atoms with Crippen molar-refractivity contribution in [2.45, 2.75) is 112 Å². The first kappa shape index (κ1) is 37.9. The van der Waals surface area contributed by atoms with Crippen LogP contribution < -0.4 is 5.32 Å². The fourth-order valence-corrected chi connectivity index (χ4v) is 6.77. The van der Waals surface area contributed by atoms with Crippen molar-refractivity contribution in [1.82, 2.24) is 20.2 Å². The predicted molar refractivity (Wildman–Crippen MR) is 179 cm³/mol. The van der Waals surface area contributed by atoms with Crippen LogP contribution in [0.2, 0.25) is 0 Å². The van der Waals surface area contributed by atoms with Crippen molar-refractivity contribution in [3.05, 3.63) is 36.4 Å². The molecule has 1 saturated heterocycles. The maximum atomic E-state index is 14.4. The van der Waals surface area contributed by atoms with Gasteiger partial charge in [-0.3, -0.25) is 33.8 Å². The highest BCUT2D eigenvalue weighted by atomic mass is 16.2. The first-order chi connectivity index (χ1) is 22.1. The number of allylic oxidation sites excluding steroid dienone is 1. The summed E-state index contributed by atoms with van der Waals surface area (Å²) in [6.07, 6.45) is 10.8. The molecule has 1 aromatic heterocycles. The van der Waals surface area contributed by atoms with Gasteiger partial charge < -0.3 is 10.2 Å². The Morgan fingerprint density at radius 2 is 1.70 bits per heavy atom. The number of ketones is 4. The molecule has 0 saturated carbocycles. The summed E-state index contributed by atoms with van der Waals surface area (Å²) in [6, 6.07) is -1.73. The maximum absolute atomic E-state index is 14.4. The molecule has 2 amide bonds. The van der Waals surface area contributed by atoms with Crippen LogP contribution in [-0.4, -0.2) is 68.4 Å². The van der Waals surface area contributed by atoms with Gasteiger partial charge in [-0.25, -0.2) is 4.98 Å². The zero-order valence-corrected chi connectivity index (χ0v) is 29.5. The molecule has 0 radical (unpaired) electrons. The Bertz CT molecular complexity index is 1330. The molecular weight excluding hydrogens is 596 g/mol. The van der Waals surface area contributed by atoms with Crippen LogP contribution in [0.15, 0.2) is 30.7 Å². The number of hydrogen-bond acceptors (Lipinski definition) is 8. The molecule has 2 aliphatic rings. The highest BCUT2D eigenvalue weighted by molar-refractivity contribution is 6.38. The lowest BCUT2D eigenvalue weighted by atomic mass is 9.82. The predicted octanol–water partition coefficient (Wildman–Crippen LogP) is 5.21. The monoisotopic (exact) mass is 650 g/mol. The SMILES string of the molecule is CCCC(CC(=O)C1[C@H]2CC=CC2CN1C(=O)C(NC(=O)[C@H](CC(=O)c1cnccn1)C(C)C)C(C)(C)C)C(=O)C(=O)C[C@@H](C)CC. The number of likely N-dealkylation sites (tertiary alicyclic amines) is 1. The molecule has 3 rings (SSSR count). The highest BCUT2D eigenvalue weighted by Gasteiger charge is 2.51. The zero-order chi connectivity index (χ0) is 35.1. The molecule has 47 heavy (non-hydrogen) atoms. The van der Waals surface area contributed by atoms with Crippen LogP contribution in [0.4, 0.5) is 0 Å². The molecule has 7 atom stereocenters. The van der Waals surface area contributed by atoms with Crippen LogP contribution in [-0.2, 0) is 24.0 Å². The number of carbonyl (C=O) groups excluding carboxylic acids is 6. The van der Waals surface area contributed by atoms with Crippen molar-refractivity contribution < 1.29 is 28.8 Å². The average Bonchev–Trinajstić information content (AvgIpc) is 3.62. The molecule has 0 spiro atoms. The van der Waals surface area contributed by atoms with Crippen LogP contribution >= 0.6 is 0 Å². The summed E-state index contributed by atoms with van der Waals surface area (Å²) < 4.78 is 0. The van der Waals surface area contributed by atoms with Crippen LogP contribution in [0.1, 0.15) is 111 Å². The van der Waals surface area contributed by atoms with Gasteiger partial charge in [-0.2, -0.15) is 0 Å². The number of nitrogens with one attached hydrogen (secondary N) is 1. The third-order valence-corrected chi connectivity index (χ3v) is 9.86. The minimum Gasteiger partial charge on any atom is -0.344 e. The lowest BCUT2D eigenvalue weighted by Gasteiger charge is -2.37. The summed E-state index contributed by atoms with van der Waals surface area (Å²) in [5.41, 5.74) is -0.540. The van der Waals surface area contributed by atoms with Crippen LogP contribution in [0.25, 0.3) is 0 Å². The quantitative estimate of drug-likeness (QED) is 0.138. The normalized spacial score (nSPS) is 21.6. The second-order valence-corrected chi connectivity index (χ2v) is 15.0. The topological polar surface area (TPSA) is 143 Å². The van der Waals surface area contributed by atoms with Gasteiger partial charge >= 0.3 is 0 Å². The van der Waals surface area contributed by atoms with Gasteiger partial charge in [0.05, 0.1) is 12.2 Å². The molecular formula is C37H54N4O6. The third-order valence-electron chi connectivity index (χ3n) is 9.86. The fourth-order valence-electron chi connectivity index (χ4n) is 6.77. The molecule has 1 fully saturated rings. The number of Topliss-reactive ketones (excluding diaryl/α,β-unsaturated/α-hetero) is 4. The molecule has 10 nitrogen and oxygen atoms in total. The Hall–Kier alpha value is -3.56. The van der Waals surface area contributed by atoms with Gasteiger partial charge in [0.2, 0.25) is 17.6 Å². The molecule has 1 aliphatic carbocycles. The van der Waals surface area contributed by atoms with E-state index in [-0.39, 0.29) is 66.1 Å². The van der Waals surface area contributed by atoms with Crippen molar-refractivity contribution in [3.8, 4) is 0 Å². The molecule has 258 valence electrons. The summed E-state index contributed by atoms with van der Waals surface area (Å²) in [7, 11) is 0. The Morgan fingerprint density at radius 3 is 2.28 bits per heavy atom. The molecule has 1 N–H and O–H groups in total. The van der Waals surface area contributed by atoms with Gasteiger partial charge in [0.15, 0.2) is 17.3 Å². The molecule has 1 aliphatic heterocycles. The minimum atomic E-state index is -0.967. The van der Waals surface area contributed by atoms with E-state index < -0.39 is 46.8 Å². The van der Waals surface area contributed by atoms with Gasteiger partial charge in [-0.1, -0.05) is 80.4 Å². The Morgan fingerprint density at radius 1 is 1.00 bits per heavy atom. The minimum absolute atomic E-state index is 0.00963. The van der Waals surface area contributed by atoms with E-state index in [0.717, 1.165) is 6.42 Å². The zero-order valence-electron chi connectivity index (χ0n) is 29.5. The summed E-state index contributed by atoms with van der Waals surface area (Å²) in [6.45, 7) is 15.4. The maximum Gasteiger partial charge on any atom is 0.246 e. The number of hydrogen-bond donors (Lipinski definition) is 1. The van der Waals surface area contributed by atoms with E-state index in [1.54, 1.807) is 4.90 Å². The molecule has 1 aromatic rings. The van der Waals surface area contributed by atoms with Crippen molar-refractivity contribution in [1.29, 1.82) is 0 Å². The first-order valence-electron chi connectivity index (χ1n) is 17.3. The Labute approximate surface area is 279 Å². The highest BCUT2D eigenvalue weighted by Crippen LogP contribution is 2.41. The summed E-state index contributed by atoms with van der Waals surface area (Å²) in [5.74, 6) is -3.90. The molecule has 10 heteroatoms. The summed E-state index contributed by atoms with van der Waals surface area (Å²) in [5, 5.41) is 2.97. The molecule has 0 bridgehead atoms.